The number of rotatable bonds is 4. The van der Waals surface area contributed by atoms with Crippen LogP contribution in [-0.2, 0) is 0 Å². The van der Waals surface area contributed by atoms with Crippen LogP contribution in [0.4, 0.5) is 11.4 Å². The second-order valence-corrected chi connectivity index (χ2v) is 5.59. The molecular weight excluding hydrogens is 304 g/mol. The standard InChI is InChI=1S/C16H17ClN2OS/c1-3-19(15-9-12(20)6-4-10(15)2)14-7-5-11(16(18)21)8-13(14)17/h4-9,20H,3H2,1-2H3,(H2,18,21). The Kier molecular flexibility index (Phi) is 4.70. The molecule has 0 aromatic heterocycles. The molecule has 0 radical (unpaired) electrons. The lowest BCUT2D eigenvalue weighted by molar-refractivity contribution is 0.475. The fourth-order valence-corrected chi connectivity index (χ4v) is 2.65. The van der Waals surface area contributed by atoms with E-state index in [9.17, 15) is 5.11 Å². The Morgan fingerprint density at radius 3 is 2.52 bits per heavy atom. The zero-order valence-corrected chi connectivity index (χ0v) is 13.5. The lowest BCUT2D eigenvalue weighted by Crippen LogP contribution is -2.18. The second kappa shape index (κ2) is 6.33. The summed E-state index contributed by atoms with van der Waals surface area (Å²) in [4.78, 5) is 2.36. The molecule has 0 aliphatic carbocycles. The first-order valence-corrected chi connectivity index (χ1v) is 7.39. The molecule has 0 saturated carbocycles. The van der Waals surface area contributed by atoms with Crippen molar-refractivity contribution in [3.8, 4) is 5.75 Å². The molecular formula is C16H17ClN2OS. The van der Waals surface area contributed by atoms with Gasteiger partial charge in [0.05, 0.1) is 10.7 Å². The summed E-state index contributed by atoms with van der Waals surface area (Å²) < 4.78 is 0. The lowest BCUT2D eigenvalue weighted by Gasteiger charge is -2.26. The predicted octanol–water partition coefficient (Wildman–Crippen LogP) is 4.15. The summed E-state index contributed by atoms with van der Waals surface area (Å²) >= 11 is 11.3. The van der Waals surface area contributed by atoms with Crippen molar-refractivity contribution in [3.05, 3.63) is 52.5 Å². The normalized spacial score (nSPS) is 10.4. The quantitative estimate of drug-likeness (QED) is 0.831. The van der Waals surface area contributed by atoms with Crippen molar-refractivity contribution < 1.29 is 5.11 Å². The van der Waals surface area contributed by atoms with E-state index in [-0.39, 0.29) is 5.75 Å². The van der Waals surface area contributed by atoms with Crippen molar-refractivity contribution in [3.63, 3.8) is 0 Å². The third kappa shape index (κ3) is 3.28. The molecule has 3 nitrogen and oxygen atoms in total. The number of benzene rings is 2. The molecule has 2 rings (SSSR count). The number of thiocarbonyl (C=S) groups is 1. The first kappa shape index (κ1) is 15.6. The van der Waals surface area contributed by atoms with Crippen LogP contribution in [-0.4, -0.2) is 16.6 Å². The molecule has 110 valence electrons. The maximum absolute atomic E-state index is 9.72. The molecule has 0 spiro atoms. The minimum atomic E-state index is 0.227. The second-order valence-electron chi connectivity index (χ2n) is 4.75. The highest BCUT2D eigenvalue weighted by Gasteiger charge is 2.14. The minimum absolute atomic E-state index is 0.227. The Labute approximate surface area is 135 Å². The third-order valence-electron chi connectivity index (χ3n) is 3.32. The summed E-state index contributed by atoms with van der Waals surface area (Å²) in [5, 5.41) is 10.3. The van der Waals surface area contributed by atoms with Gasteiger partial charge in [-0.05, 0) is 43.7 Å². The summed E-state index contributed by atoms with van der Waals surface area (Å²) in [6.45, 7) is 4.74. The average Bonchev–Trinajstić information content (AvgIpc) is 2.44. The van der Waals surface area contributed by atoms with Gasteiger partial charge in [-0.3, -0.25) is 0 Å². The van der Waals surface area contributed by atoms with Crippen LogP contribution in [0.25, 0.3) is 0 Å². The Morgan fingerprint density at radius 2 is 1.95 bits per heavy atom. The first-order valence-electron chi connectivity index (χ1n) is 6.60. The van der Waals surface area contributed by atoms with Gasteiger partial charge in [0.1, 0.15) is 10.7 Å². The van der Waals surface area contributed by atoms with E-state index >= 15 is 0 Å². The number of nitrogens with two attached hydrogens (primary N) is 1. The minimum Gasteiger partial charge on any atom is -0.508 e. The van der Waals surface area contributed by atoms with Gasteiger partial charge in [-0.15, -0.1) is 0 Å². The highest BCUT2D eigenvalue weighted by Crippen LogP contribution is 2.35. The van der Waals surface area contributed by atoms with Gasteiger partial charge < -0.3 is 15.7 Å². The molecule has 0 saturated heterocycles. The molecule has 0 unspecified atom stereocenters. The molecule has 0 bridgehead atoms. The molecule has 0 heterocycles. The molecule has 0 aliphatic rings. The number of aromatic hydroxyl groups is 1. The van der Waals surface area contributed by atoms with Crippen LogP contribution in [0.3, 0.4) is 0 Å². The van der Waals surface area contributed by atoms with E-state index in [1.807, 2.05) is 36.9 Å². The fourth-order valence-electron chi connectivity index (χ4n) is 2.24. The number of nitrogens with zero attached hydrogens (tertiary/aromatic N) is 1. The zero-order chi connectivity index (χ0) is 15.6. The maximum Gasteiger partial charge on any atom is 0.117 e. The number of phenolic OH excluding ortho intramolecular Hbond substituents is 1. The van der Waals surface area contributed by atoms with E-state index in [1.54, 1.807) is 18.2 Å². The van der Waals surface area contributed by atoms with Gasteiger partial charge in [0.2, 0.25) is 0 Å². The van der Waals surface area contributed by atoms with Crippen LogP contribution in [0.2, 0.25) is 5.02 Å². The lowest BCUT2D eigenvalue weighted by atomic mass is 10.1. The van der Waals surface area contributed by atoms with Crippen LogP contribution in [0.1, 0.15) is 18.1 Å². The van der Waals surface area contributed by atoms with Crippen LogP contribution in [0, 0.1) is 6.92 Å². The van der Waals surface area contributed by atoms with Gasteiger partial charge >= 0.3 is 0 Å². The monoisotopic (exact) mass is 320 g/mol. The number of halogens is 1. The summed E-state index contributed by atoms with van der Waals surface area (Å²) in [5.41, 5.74) is 9.19. The molecule has 0 aliphatic heterocycles. The summed E-state index contributed by atoms with van der Waals surface area (Å²) in [6, 6.07) is 10.8. The van der Waals surface area contributed by atoms with E-state index < -0.39 is 0 Å². The van der Waals surface area contributed by atoms with E-state index in [4.69, 9.17) is 29.6 Å². The SMILES string of the molecule is CCN(c1cc(O)ccc1C)c1ccc(C(N)=S)cc1Cl. The van der Waals surface area contributed by atoms with Crippen LogP contribution in [0.5, 0.6) is 5.75 Å². The molecule has 0 atom stereocenters. The number of anilines is 2. The van der Waals surface area contributed by atoms with E-state index in [0.29, 0.717) is 10.0 Å². The van der Waals surface area contributed by atoms with Crippen molar-refractivity contribution in [2.45, 2.75) is 13.8 Å². The molecule has 5 heteroatoms. The number of hydrogen-bond acceptors (Lipinski definition) is 3. The van der Waals surface area contributed by atoms with Gasteiger partial charge in [0, 0.05) is 23.9 Å². The highest BCUT2D eigenvalue weighted by atomic mass is 35.5. The summed E-state index contributed by atoms with van der Waals surface area (Å²) in [6.07, 6.45) is 0. The molecule has 3 N–H and O–H groups in total. The summed E-state index contributed by atoms with van der Waals surface area (Å²) in [7, 11) is 0. The number of hydrogen-bond donors (Lipinski definition) is 2. The third-order valence-corrected chi connectivity index (χ3v) is 3.86. The van der Waals surface area contributed by atoms with Gasteiger partial charge in [0.25, 0.3) is 0 Å². The van der Waals surface area contributed by atoms with E-state index in [0.717, 1.165) is 29.0 Å². The van der Waals surface area contributed by atoms with Crippen LogP contribution in [0.15, 0.2) is 36.4 Å². The molecule has 2 aromatic carbocycles. The van der Waals surface area contributed by atoms with Gasteiger partial charge in [-0.25, -0.2) is 0 Å². The number of aryl methyl sites for hydroxylation is 1. The van der Waals surface area contributed by atoms with Crippen molar-refractivity contribution in [1.82, 2.24) is 0 Å². The largest absolute Gasteiger partial charge is 0.508 e. The fraction of sp³-hybridized carbons (Fsp3) is 0.188. The Hall–Kier alpha value is -1.78. The Bertz CT molecular complexity index is 688. The molecule has 2 aromatic rings. The van der Waals surface area contributed by atoms with Gasteiger partial charge in [-0.1, -0.05) is 29.9 Å². The summed E-state index contributed by atoms with van der Waals surface area (Å²) in [5.74, 6) is 0.227. The van der Waals surface area contributed by atoms with Crippen molar-refractivity contribution in [2.24, 2.45) is 5.73 Å². The Balaban J connectivity index is 2.51. The topological polar surface area (TPSA) is 49.5 Å². The predicted molar refractivity (Wildman–Crippen MR) is 92.9 cm³/mol. The van der Waals surface area contributed by atoms with Gasteiger partial charge in [-0.2, -0.15) is 0 Å². The first-order chi connectivity index (χ1) is 9.93. The van der Waals surface area contributed by atoms with E-state index in [1.165, 1.54) is 0 Å². The molecule has 0 fully saturated rings. The smallest absolute Gasteiger partial charge is 0.117 e. The van der Waals surface area contributed by atoms with E-state index in [2.05, 4.69) is 0 Å². The van der Waals surface area contributed by atoms with Crippen LogP contribution >= 0.6 is 23.8 Å². The molecule has 21 heavy (non-hydrogen) atoms. The zero-order valence-electron chi connectivity index (χ0n) is 11.9. The molecule has 0 amide bonds. The van der Waals surface area contributed by atoms with Crippen LogP contribution < -0.4 is 10.6 Å². The van der Waals surface area contributed by atoms with Crippen molar-refractivity contribution >= 4 is 40.2 Å². The maximum atomic E-state index is 9.72. The number of phenols is 1. The van der Waals surface area contributed by atoms with Crippen molar-refractivity contribution in [1.29, 1.82) is 0 Å². The average molecular weight is 321 g/mol. The highest BCUT2D eigenvalue weighted by molar-refractivity contribution is 7.80. The Morgan fingerprint density at radius 1 is 1.24 bits per heavy atom. The van der Waals surface area contributed by atoms with Gasteiger partial charge in [0.15, 0.2) is 0 Å². The van der Waals surface area contributed by atoms with Crippen molar-refractivity contribution in [2.75, 3.05) is 11.4 Å².